The topological polar surface area (TPSA) is 39.7 Å². The summed E-state index contributed by atoms with van der Waals surface area (Å²) in [7, 11) is 1.60. The maximum Gasteiger partial charge on any atom is 0.161 e. The van der Waals surface area contributed by atoms with Gasteiger partial charge < -0.3 is 19.5 Å². The molecule has 0 aromatic heterocycles. The van der Waals surface area contributed by atoms with Gasteiger partial charge in [-0.05, 0) is 60.5 Å². The Hall–Kier alpha value is -2.56. The van der Waals surface area contributed by atoms with Crippen LogP contribution in [-0.2, 0) is 13.2 Å². The first-order chi connectivity index (χ1) is 14.1. The Morgan fingerprint density at radius 1 is 0.828 bits per heavy atom. The third-order valence-corrected chi connectivity index (χ3v) is 4.77. The second-order valence-corrected chi connectivity index (χ2v) is 7.18. The Morgan fingerprint density at radius 3 is 2.38 bits per heavy atom. The SMILES string of the molecule is CCOc1cc(CNc2ccc(OC)c(Cl)c2)ccc1OCc1cccc(Cl)c1. The van der Waals surface area contributed by atoms with E-state index < -0.39 is 0 Å². The van der Waals surface area contributed by atoms with Gasteiger partial charge in [-0.2, -0.15) is 0 Å². The molecule has 0 spiro atoms. The van der Waals surface area contributed by atoms with Crippen molar-refractivity contribution in [3.05, 3.63) is 81.8 Å². The van der Waals surface area contributed by atoms with Gasteiger partial charge in [-0.25, -0.2) is 0 Å². The van der Waals surface area contributed by atoms with E-state index in [2.05, 4.69) is 5.32 Å². The first-order valence-electron chi connectivity index (χ1n) is 9.29. The predicted octanol–water partition coefficient (Wildman–Crippen LogP) is 6.59. The molecule has 3 aromatic carbocycles. The highest BCUT2D eigenvalue weighted by molar-refractivity contribution is 6.32. The van der Waals surface area contributed by atoms with Crippen LogP contribution in [0.15, 0.2) is 60.7 Å². The number of methoxy groups -OCH3 is 1. The van der Waals surface area contributed by atoms with Gasteiger partial charge in [-0.1, -0.05) is 41.4 Å². The van der Waals surface area contributed by atoms with Crippen LogP contribution in [0.4, 0.5) is 5.69 Å². The van der Waals surface area contributed by atoms with Crippen LogP contribution in [0.2, 0.25) is 10.0 Å². The van der Waals surface area contributed by atoms with E-state index in [4.69, 9.17) is 37.4 Å². The van der Waals surface area contributed by atoms with E-state index in [0.29, 0.717) is 47.1 Å². The lowest BCUT2D eigenvalue weighted by molar-refractivity contribution is 0.269. The van der Waals surface area contributed by atoms with Crippen LogP contribution < -0.4 is 19.5 Å². The van der Waals surface area contributed by atoms with Crippen LogP contribution in [0.5, 0.6) is 17.2 Å². The first kappa shape index (κ1) is 21.2. The molecule has 0 aliphatic rings. The second kappa shape index (κ2) is 10.3. The number of ether oxygens (including phenoxy) is 3. The summed E-state index contributed by atoms with van der Waals surface area (Å²) in [6, 6.07) is 19.1. The molecule has 3 aromatic rings. The molecule has 0 fully saturated rings. The van der Waals surface area contributed by atoms with Crippen molar-refractivity contribution in [1.82, 2.24) is 0 Å². The lowest BCUT2D eigenvalue weighted by Gasteiger charge is -2.14. The van der Waals surface area contributed by atoms with Crippen molar-refractivity contribution in [2.75, 3.05) is 19.0 Å². The molecule has 0 atom stereocenters. The highest BCUT2D eigenvalue weighted by Crippen LogP contribution is 2.31. The fourth-order valence-electron chi connectivity index (χ4n) is 2.82. The van der Waals surface area contributed by atoms with E-state index in [1.807, 2.05) is 67.6 Å². The zero-order valence-electron chi connectivity index (χ0n) is 16.4. The average molecular weight is 432 g/mol. The Morgan fingerprint density at radius 2 is 1.66 bits per heavy atom. The fourth-order valence-corrected chi connectivity index (χ4v) is 3.29. The lowest BCUT2D eigenvalue weighted by Crippen LogP contribution is -2.03. The van der Waals surface area contributed by atoms with E-state index in [9.17, 15) is 0 Å². The normalized spacial score (nSPS) is 10.5. The van der Waals surface area contributed by atoms with Crippen molar-refractivity contribution >= 4 is 28.9 Å². The van der Waals surface area contributed by atoms with Gasteiger partial charge in [0.2, 0.25) is 0 Å². The van der Waals surface area contributed by atoms with Crippen molar-refractivity contribution in [2.24, 2.45) is 0 Å². The second-order valence-electron chi connectivity index (χ2n) is 6.34. The van der Waals surface area contributed by atoms with Gasteiger partial charge in [-0.15, -0.1) is 0 Å². The molecule has 0 unspecified atom stereocenters. The summed E-state index contributed by atoms with van der Waals surface area (Å²) in [4.78, 5) is 0. The van der Waals surface area contributed by atoms with Gasteiger partial charge >= 0.3 is 0 Å². The summed E-state index contributed by atoms with van der Waals surface area (Å²) >= 11 is 12.2. The first-order valence-corrected chi connectivity index (χ1v) is 10.0. The predicted molar refractivity (Wildman–Crippen MR) is 119 cm³/mol. The minimum absolute atomic E-state index is 0.419. The molecule has 0 heterocycles. The van der Waals surface area contributed by atoms with Crippen LogP contribution in [0, 0.1) is 0 Å². The van der Waals surface area contributed by atoms with E-state index >= 15 is 0 Å². The molecule has 3 rings (SSSR count). The average Bonchev–Trinajstić information content (AvgIpc) is 2.72. The molecule has 0 saturated heterocycles. The Labute approximate surface area is 181 Å². The van der Waals surface area contributed by atoms with E-state index in [1.165, 1.54) is 0 Å². The quantitative estimate of drug-likeness (QED) is 0.414. The van der Waals surface area contributed by atoms with Crippen molar-refractivity contribution in [1.29, 1.82) is 0 Å². The van der Waals surface area contributed by atoms with Gasteiger partial charge in [0.15, 0.2) is 11.5 Å². The fraction of sp³-hybridized carbons (Fsp3) is 0.217. The summed E-state index contributed by atoms with van der Waals surface area (Å²) in [6.07, 6.45) is 0. The number of benzene rings is 3. The number of anilines is 1. The highest BCUT2D eigenvalue weighted by atomic mass is 35.5. The third kappa shape index (κ3) is 5.96. The van der Waals surface area contributed by atoms with E-state index in [1.54, 1.807) is 7.11 Å². The smallest absolute Gasteiger partial charge is 0.161 e. The summed E-state index contributed by atoms with van der Waals surface area (Å²) < 4.78 is 16.9. The van der Waals surface area contributed by atoms with Gasteiger partial charge in [0.05, 0.1) is 18.7 Å². The molecule has 0 saturated carbocycles. The molecular formula is C23H23Cl2NO3. The minimum atomic E-state index is 0.419. The zero-order chi connectivity index (χ0) is 20.6. The standard InChI is InChI=1S/C23H23Cl2NO3/c1-3-28-23-12-16(14-26-19-8-10-21(27-2)20(25)13-19)7-9-22(23)29-15-17-5-4-6-18(24)11-17/h4-13,26H,3,14-15H2,1-2H3. The Balaban J connectivity index is 1.67. The monoisotopic (exact) mass is 431 g/mol. The largest absolute Gasteiger partial charge is 0.495 e. The number of hydrogen-bond donors (Lipinski definition) is 1. The number of hydrogen-bond acceptors (Lipinski definition) is 4. The Kier molecular flexibility index (Phi) is 7.50. The number of rotatable bonds is 9. The van der Waals surface area contributed by atoms with E-state index in [0.717, 1.165) is 16.8 Å². The van der Waals surface area contributed by atoms with E-state index in [-0.39, 0.29) is 0 Å². The van der Waals surface area contributed by atoms with Crippen molar-refractivity contribution in [3.8, 4) is 17.2 Å². The van der Waals surface area contributed by atoms with Crippen LogP contribution in [-0.4, -0.2) is 13.7 Å². The summed E-state index contributed by atoms with van der Waals surface area (Å²) in [6.45, 7) is 3.55. The Bertz CT molecular complexity index is 963. The van der Waals surface area contributed by atoms with Crippen molar-refractivity contribution < 1.29 is 14.2 Å². The lowest BCUT2D eigenvalue weighted by atomic mass is 10.2. The number of halogens is 2. The molecule has 152 valence electrons. The summed E-state index contributed by atoms with van der Waals surface area (Å²) in [5.74, 6) is 2.06. The van der Waals surface area contributed by atoms with Gasteiger partial charge in [-0.3, -0.25) is 0 Å². The molecule has 4 nitrogen and oxygen atoms in total. The van der Waals surface area contributed by atoms with Gasteiger partial charge in [0, 0.05) is 17.3 Å². The molecule has 29 heavy (non-hydrogen) atoms. The molecule has 0 amide bonds. The number of nitrogens with one attached hydrogen (secondary N) is 1. The molecule has 0 aliphatic heterocycles. The summed E-state index contributed by atoms with van der Waals surface area (Å²) in [5.41, 5.74) is 2.98. The summed E-state index contributed by atoms with van der Waals surface area (Å²) in [5, 5.41) is 4.61. The van der Waals surface area contributed by atoms with Gasteiger partial charge in [0.1, 0.15) is 12.4 Å². The molecule has 0 radical (unpaired) electrons. The van der Waals surface area contributed by atoms with Crippen LogP contribution in [0.25, 0.3) is 0 Å². The van der Waals surface area contributed by atoms with Crippen LogP contribution in [0.1, 0.15) is 18.1 Å². The molecule has 1 N–H and O–H groups in total. The molecule has 6 heteroatoms. The van der Waals surface area contributed by atoms with Crippen LogP contribution in [0.3, 0.4) is 0 Å². The zero-order valence-corrected chi connectivity index (χ0v) is 17.9. The molecule has 0 bridgehead atoms. The van der Waals surface area contributed by atoms with Crippen LogP contribution >= 0.6 is 23.2 Å². The molecule has 0 aliphatic carbocycles. The molecular weight excluding hydrogens is 409 g/mol. The van der Waals surface area contributed by atoms with Gasteiger partial charge in [0.25, 0.3) is 0 Å². The van der Waals surface area contributed by atoms with Crippen molar-refractivity contribution in [2.45, 2.75) is 20.1 Å². The third-order valence-electron chi connectivity index (χ3n) is 4.24. The maximum absolute atomic E-state index is 6.18. The minimum Gasteiger partial charge on any atom is -0.495 e. The maximum atomic E-state index is 6.18. The highest BCUT2D eigenvalue weighted by Gasteiger charge is 2.08. The van der Waals surface area contributed by atoms with Crippen molar-refractivity contribution in [3.63, 3.8) is 0 Å².